The molecule has 2 heterocycles. The van der Waals surface area contributed by atoms with Crippen LogP contribution in [0.25, 0.3) is 0 Å². The summed E-state index contributed by atoms with van der Waals surface area (Å²) in [6.07, 6.45) is 0. The number of rotatable bonds is 10. The molecule has 0 aliphatic heterocycles. The van der Waals surface area contributed by atoms with Gasteiger partial charge in [-0.15, -0.1) is 16.5 Å². The molecule has 5 N–H and O–H groups in total. The van der Waals surface area contributed by atoms with Crippen molar-refractivity contribution in [2.24, 2.45) is 15.0 Å². The smallest absolute Gasteiger partial charge is 0.256 e. The maximum Gasteiger partial charge on any atom is 0.256 e. The maximum atomic E-state index is 13.0. The van der Waals surface area contributed by atoms with Crippen molar-refractivity contribution in [2.45, 2.75) is 58.7 Å². The Balaban J connectivity index is 2.45. The number of aromatic hydroxyl groups is 1. The number of furan rings is 1. The summed E-state index contributed by atoms with van der Waals surface area (Å²) in [4.78, 5) is 0.491. The van der Waals surface area contributed by atoms with Crippen LogP contribution in [-0.4, -0.2) is 41.3 Å². The first-order valence-corrected chi connectivity index (χ1v) is 14.4. The average molecular weight is 546 g/mol. The molecular weight excluding hydrogens is 510 g/mol. The van der Waals surface area contributed by atoms with Crippen molar-refractivity contribution in [1.82, 2.24) is 9.62 Å². The fourth-order valence-corrected chi connectivity index (χ4v) is 6.87. The van der Waals surface area contributed by atoms with Crippen LogP contribution in [0.4, 0.5) is 5.69 Å². The number of hydrogen-bond donors (Lipinski definition) is 4. The highest BCUT2D eigenvalue weighted by atomic mass is 32.2. The summed E-state index contributed by atoms with van der Waals surface area (Å²) < 4.78 is 48.6. The van der Waals surface area contributed by atoms with Gasteiger partial charge in [0.15, 0.2) is 21.5 Å². The normalized spacial score (nSPS) is 14.7. The van der Waals surface area contributed by atoms with E-state index in [0.29, 0.717) is 10.6 Å². The van der Waals surface area contributed by atoms with Gasteiger partial charge in [-0.25, -0.2) is 8.42 Å². The number of sulfonamides is 1. The lowest BCUT2D eigenvalue weighted by Gasteiger charge is -2.31. The van der Waals surface area contributed by atoms with Gasteiger partial charge in [-0.3, -0.25) is 0 Å². The van der Waals surface area contributed by atoms with E-state index in [1.54, 1.807) is 20.8 Å². The summed E-state index contributed by atoms with van der Waals surface area (Å²) >= 11 is -1.18. The van der Waals surface area contributed by atoms with Gasteiger partial charge < -0.3 is 24.7 Å². The van der Waals surface area contributed by atoms with Crippen molar-refractivity contribution < 1.29 is 22.5 Å². The largest absolute Gasteiger partial charge is 0.572 e. The van der Waals surface area contributed by atoms with E-state index in [2.05, 4.69) is 21.6 Å². The summed E-state index contributed by atoms with van der Waals surface area (Å²) in [5.41, 5.74) is 0.0380. The minimum Gasteiger partial charge on any atom is -0.572 e. The van der Waals surface area contributed by atoms with E-state index in [0.717, 1.165) is 17.1 Å². The first-order valence-electron chi connectivity index (χ1n) is 11.0. The maximum absolute atomic E-state index is 13.0. The highest BCUT2D eigenvalue weighted by Gasteiger charge is 2.33. The second-order valence-corrected chi connectivity index (χ2v) is 13.1. The summed E-state index contributed by atoms with van der Waals surface area (Å²) in [5, 5.41) is 22.4. The van der Waals surface area contributed by atoms with Gasteiger partial charge in [0.05, 0.1) is 17.4 Å². The zero-order valence-electron chi connectivity index (χ0n) is 21.1. The van der Waals surface area contributed by atoms with E-state index >= 15 is 0 Å². The Labute approximate surface area is 214 Å². The van der Waals surface area contributed by atoms with Crippen molar-refractivity contribution in [3.63, 3.8) is 0 Å². The van der Waals surface area contributed by atoms with Crippen LogP contribution in [0.5, 0.6) is 5.75 Å². The van der Waals surface area contributed by atoms with Crippen LogP contribution in [-0.2, 0) is 21.6 Å². The molecular formula is C22H35N5O5S3. The van der Waals surface area contributed by atoms with Crippen molar-refractivity contribution in [1.29, 1.82) is 0 Å². The fourth-order valence-electron chi connectivity index (χ4n) is 3.44. The highest BCUT2D eigenvalue weighted by molar-refractivity contribution is 7.91. The average Bonchev–Trinajstić information content (AvgIpc) is 3.28. The van der Waals surface area contributed by atoms with Gasteiger partial charge >= 0.3 is 0 Å². The van der Waals surface area contributed by atoms with Crippen molar-refractivity contribution >= 4 is 44.4 Å². The Morgan fingerprint density at radius 3 is 2.40 bits per heavy atom. The quantitative estimate of drug-likeness (QED) is 0.199. The van der Waals surface area contributed by atoms with Crippen molar-refractivity contribution in [3.05, 3.63) is 40.8 Å². The van der Waals surface area contributed by atoms with Crippen LogP contribution in [0.1, 0.15) is 57.1 Å². The number of hydrogen-bond acceptors (Lipinski definition) is 9. The standard InChI is InChI=1S/C22H35N5O5S3/c1-9-27(10-2)35(30,31)21-18(28)17(15(5)33-21)25-20(26-34(23)29)14(4)24-19(22(6,7)8)16-12-11-13(3)32-16/h11-12,19,24,28H,4,9-10,23H2,1-3,5-8H3,(H,25,26)/t19-,34?/m0/s1. The lowest BCUT2D eigenvalue weighted by Crippen LogP contribution is -2.36. The van der Waals surface area contributed by atoms with E-state index in [1.165, 1.54) is 4.31 Å². The Morgan fingerprint density at radius 1 is 1.34 bits per heavy atom. The van der Waals surface area contributed by atoms with E-state index in [1.807, 2.05) is 39.8 Å². The molecule has 0 saturated heterocycles. The van der Waals surface area contributed by atoms with E-state index in [4.69, 9.17) is 9.56 Å². The Kier molecular flexibility index (Phi) is 9.47. The fraction of sp³-hybridized carbons (Fsp3) is 0.500. The molecule has 196 valence electrons. The van der Waals surface area contributed by atoms with Crippen LogP contribution < -0.4 is 15.8 Å². The SMILES string of the molecule is C=C(N[C@@H](c1ccc(C)o1)C(C)(C)C)/C(=N\[S+](N)[O-])Nc1c(C)sc(S(=O)(=O)N(CC)CC)c1O. The molecule has 0 saturated carbocycles. The first kappa shape index (κ1) is 29.2. The third-order valence-electron chi connectivity index (χ3n) is 5.25. The molecule has 13 heteroatoms. The zero-order chi connectivity index (χ0) is 26.7. The lowest BCUT2D eigenvalue weighted by molar-refractivity contribution is 0.251. The topological polar surface area (TPSA) is 156 Å². The molecule has 10 nitrogen and oxygen atoms in total. The molecule has 0 fully saturated rings. The predicted molar refractivity (Wildman–Crippen MR) is 142 cm³/mol. The number of anilines is 1. The Hall–Kier alpha value is -2.03. The summed E-state index contributed by atoms with van der Waals surface area (Å²) in [7, 11) is -3.90. The van der Waals surface area contributed by atoms with Gasteiger partial charge in [0.1, 0.15) is 11.5 Å². The van der Waals surface area contributed by atoms with E-state index < -0.39 is 27.3 Å². The molecule has 0 bridgehead atoms. The van der Waals surface area contributed by atoms with Gasteiger partial charge in [0.2, 0.25) is 5.84 Å². The van der Waals surface area contributed by atoms with Gasteiger partial charge in [-0.2, -0.15) is 4.31 Å². The first-order chi connectivity index (χ1) is 16.1. The Bertz CT molecular complexity index is 1170. The molecule has 0 aliphatic carbocycles. The molecule has 2 aromatic heterocycles. The van der Waals surface area contributed by atoms with Crippen LogP contribution in [0.15, 0.2) is 37.4 Å². The van der Waals surface area contributed by atoms with Crippen LogP contribution in [0, 0.1) is 19.3 Å². The van der Waals surface area contributed by atoms with Crippen LogP contribution in [0.3, 0.4) is 0 Å². The predicted octanol–water partition coefficient (Wildman–Crippen LogP) is 3.93. The number of nitrogens with two attached hydrogens (primary N) is 1. The monoisotopic (exact) mass is 545 g/mol. The van der Waals surface area contributed by atoms with Crippen LogP contribution in [0.2, 0.25) is 0 Å². The highest BCUT2D eigenvalue weighted by Crippen LogP contribution is 2.43. The molecule has 0 aromatic carbocycles. The molecule has 0 radical (unpaired) electrons. The number of thiophene rings is 1. The second kappa shape index (κ2) is 11.4. The molecule has 0 amide bonds. The molecule has 2 atom stereocenters. The van der Waals surface area contributed by atoms with Gasteiger partial charge in [0.25, 0.3) is 10.0 Å². The molecule has 0 spiro atoms. The molecule has 2 aromatic rings. The number of aryl methyl sites for hydroxylation is 2. The third kappa shape index (κ3) is 6.80. The molecule has 35 heavy (non-hydrogen) atoms. The summed E-state index contributed by atoms with van der Waals surface area (Å²) in [6.45, 7) is 17.5. The number of amidine groups is 1. The summed E-state index contributed by atoms with van der Waals surface area (Å²) in [5.74, 6) is 0.965. The zero-order valence-corrected chi connectivity index (χ0v) is 23.6. The third-order valence-corrected chi connectivity index (χ3v) is 9.24. The lowest BCUT2D eigenvalue weighted by atomic mass is 9.85. The van der Waals surface area contributed by atoms with Crippen molar-refractivity contribution in [3.8, 4) is 5.75 Å². The minimum absolute atomic E-state index is 0.00801. The number of nitrogens with one attached hydrogen (secondary N) is 2. The molecule has 1 unspecified atom stereocenters. The van der Waals surface area contributed by atoms with Gasteiger partial charge in [0, 0.05) is 18.0 Å². The van der Waals surface area contributed by atoms with Crippen LogP contribution >= 0.6 is 11.3 Å². The van der Waals surface area contributed by atoms with Gasteiger partial charge in [-0.1, -0.05) is 41.2 Å². The molecule has 2 rings (SSSR count). The summed E-state index contributed by atoms with van der Waals surface area (Å²) in [6, 6.07) is 3.37. The molecule has 0 aliphatic rings. The van der Waals surface area contributed by atoms with Gasteiger partial charge in [-0.05, 0) is 35.8 Å². The Morgan fingerprint density at radius 2 is 1.94 bits per heavy atom. The van der Waals surface area contributed by atoms with Crippen molar-refractivity contribution in [2.75, 3.05) is 18.4 Å². The second-order valence-electron chi connectivity index (χ2n) is 8.97. The minimum atomic E-state index is -3.90. The number of nitrogens with zero attached hydrogens (tertiary/aromatic N) is 2. The van der Waals surface area contributed by atoms with E-state index in [-0.39, 0.29) is 46.0 Å². The van der Waals surface area contributed by atoms with E-state index in [9.17, 15) is 18.1 Å².